The van der Waals surface area contributed by atoms with Gasteiger partial charge in [0.25, 0.3) is 0 Å². The number of carboxylic acid groups (broad SMARTS) is 2. The van der Waals surface area contributed by atoms with E-state index in [1.165, 1.54) is 0 Å². The lowest BCUT2D eigenvalue weighted by molar-refractivity contribution is -0.151. The number of hydrogen-bond donors (Lipinski definition) is 2. The molecule has 1 unspecified atom stereocenters. The highest BCUT2D eigenvalue weighted by molar-refractivity contribution is 5.75. The first-order chi connectivity index (χ1) is 12.7. The number of nitriles is 1. The Morgan fingerprint density at radius 3 is 2.11 bits per heavy atom. The van der Waals surface area contributed by atoms with E-state index < -0.39 is 40.8 Å². The topological polar surface area (TPSA) is 98.4 Å². The third-order valence-electron chi connectivity index (χ3n) is 4.98. The fraction of sp³-hybridized carbons (Fsp3) is 0.550. The molecule has 0 amide bonds. The molecule has 0 saturated carbocycles. The molecule has 1 atom stereocenters. The molecule has 0 aliphatic carbocycles. The van der Waals surface area contributed by atoms with Crippen molar-refractivity contribution in [3.05, 3.63) is 35.4 Å². The summed E-state index contributed by atoms with van der Waals surface area (Å²) < 4.78 is 27.9. The molecule has 0 aliphatic rings. The van der Waals surface area contributed by atoms with E-state index in [2.05, 4.69) is 0 Å². The smallest absolute Gasteiger partial charge is 0.309 e. The zero-order chi connectivity index (χ0) is 20.7. The summed E-state index contributed by atoms with van der Waals surface area (Å²) in [4.78, 5) is 23.2. The van der Waals surface area contributed by atoms with Gasteiger partial charge in [0.15, 0.2) is 0 Å². The standard InChI is InChI=1S/C20H25F2NO4/c1-3-8-19(9-4-2,18(26)27)12-20(13-23,10-7-17(24)25)15-6-5-14(21)11-16(15)22/h5-6,11H,3-4,7-10,12H2,1-2H3,(H,24,25)(H,26,27). The summed E-state index contributed by atoms with van der Waals surface area (Å²) in [5.74, 6) is -4.07. The molecule has 0 bridgehead atoms. The minimum atomic E-state index is -1.68. The number of carbonyl (C=O) groups is 2. The van der Waals surface area contributed by atoms with Crippen LogP contribution in [0.4, 0.5) is 8.78 Å². The lowest BCUT2D eigenvalue weighted by Gasteiger charge is -2.38. The Bertz CT molecular complexity index is 723. The number of benzene rings is 1. The SMILES string of the molecule is CCCC(CCC)(CC(C#N)(CCC(=O)O)c1ccc(F)cc1F)C(=O)O. The fourth-order valence-electron chi connectivity index (χ4n) is 3.80. The van der Waals surface area contributed by atoms with Crippen molar-refractivity contribution < 1.29 is 28.6 Å². The first-order valence-electron chi connectivity index (χ1n) is 8.98. The summed E-state index contributed by atoms with van der Waals surface area (Å²) in [5.41, 5.74) is -3.14. The predicted octanol–water partition coefficient (Wildman–Crippen LogP) is 4.65. The molecule has 27 heavy (non-hydrogen) atoms. The molecule has 0 spiro atoms. The minimum Gasteiger partial charge on any atom is -0.481 e. The van der Waals surface area contributed by atoms with Crippen molar-refractivity contribution in [3.8, 4) is 6.07 Å². The van der Waals surface area contributed by atoms with Crippen LogP contribution in [0.1, 0.15) is 64.4 Å². The Kier molecular flexibility index (Phi) is 7.89. The van der Waals surface area contributed by atoms with Gasteiger partial charge in [0, 0.05) is 18.1 Å². The Morgan fingerprint density at radius 2 is 1.70 bits per heavy atom. The van der Waals surface area contributed by atoms with E-state index in [0.29, 0.717) is 18.9 Å². The average Bonchev–Trinajstić information content (AvgIpc) is 2.59. The van der Waals surface area contributed by atoms with E-state index >= 15 is 0 Å². The number of nitrogens with zero attached hydrogens (tertiary/aromatic N) is 1. The van der Waals surface area contributed by atoms with Gasteiger partial charge >= 0.3 is 11.9 Å². The highest BCUT2D eigenvalue weighted by Gasteiger charge is 2.47. The van der Waals surface area contributed by atoms with Crippen LogP contribution in [0.25, 0.3) is 0 Å². The van der Waals surface area contributed by atoms with Gasteiger partial charge in [-0.2, -0.15) is 5.26 Å². The molecule has 7 heteroatoms. The summed E-state index contributed by atoms with van der Waals surface area (Å²) in [5, 5.41) is 28.9. The fourth-order valence-corrected chi connectivity index (χ4v) is 3.80. The molecule has 0 fully saturated rings. The number of aliphatic carboxylic acids is 2. The van der Waals surface area contributed by atoms with Gasteiger partial charge in [0.05, 0.1) is 16.9 Å². The lowest BCUT2D eigenvalue weighted by Crippen LogP contribution is -2.40. The molecular weight excluding hydrogens is 356 g/mol. The number of hydrogen-bond acceptors (Lipinski definition) is 3. The van der Waals surface area contributed by atoms with Crippen molar-refractivity contribution in [2.75, 3.05) is 0 Å². The summed E-state index contributed by atoms with van der Waals surface area (Å²) in [6.45, 7) is 3.63. The van der Waals surface area contributed by atoms with Crippen LogP contribution in [0, 0.1) is 28.4 Å². The van der Waals surface area contributed by atoms with Crippen LogP contribution >= 0.6 is 0 Å². The lowest BCUT2D eigenvalue weighted by atomic mass is 9.63. The van der Waals surface area contributed by atoms with Crippen LogP contribution in [-0.4, -0.2) is 22.2 Å². The van der Waals surface area contributed by atoms with E-state index in [-0.39, 0.29) is 31.2 Å². The summed E-state index contributed by atoms with van der Waals surface area (Å²) >= 11 is 0. The molecule has 148 valence electrons. The van der Waals surface area contributed by atoms with Crippen LogP contribution in [0.3, 0.4) is 0 Å². The molecule has 1 rings (SSSR count). The molecule has 0 aromatic heterocycles. The van der Waals surface area contributed by atoms with Gasteiger partial charge in [-0.15, -0.1) is 0 Å². The molecule has 0 radical (unpaired) electrons. The van der Waals surface area contributed by atoms with Gasteiger partial charge in [0.2, 0.25) is 0 Å². The minimum absolute atomic E-state index is 0.162. The monoisotopic (exact) mass is 381 g/mol. The average molecular weight is 381 g/mol. The van der Waals surface area contributed by atoms with Gasteiger partial charge in [-0.1, -0.05) is 32.8 Å². The van der Waals surface area contributed by atoms with Gasteiger partial charge in [0.1, 0.15) is 11.6 Å². The number of carboxylic acids is 2. The Balaban J connectivity index is 3.57. The zero-order valence-corrected chi connectivity index (χ0v) is 15.6. The number of rotatable bonds is 11. The maximum absolute atomic E-state index is 14.5. The van der Waals surface area contributed by atoms with Gasteiger partial charge in [-0.05, 0) is 31.7 Å². The molecule has 2 N–H and O–H groups in total. The third kappa shape index (κ3) is 5.25. The molecule has 0 saturated heterocycles. The Labute approximate surface area is 157 Å². The first kappa shape index (κ1) is 22.6. The second-order valence-corrected chi connectivity index (χ2v) is 6.97. The molecule has 1 aromatic rings. The van der Waals surface area contributed by atoms with Crippen molar-refractivity contribution in [2.24, 2.45) is 5.41 Å². The highest BCUT2D eigenvalue weighted by atomic mass is 19.1. The highest BCUT2D eigenvalue weighted by Crippen LogP contribution is 2.46. The van der Waals surface area contributed by atoms with E-state index in [1.807, 2.05) is 19.9 Å². The Morgan fingerprint density at radius 1 is 1.11 bits per heavy atom. The van der Waals surface area contributed by atoms with Crippen molar-refractivity contribution in [3.63, 3.8) is 0 Å². The third-order valence-corrected chi connectivity index (χ3v) is 4.98. The molecule has 1 aromatic carbocycles. The van der Waals surface area contributed by atoms with Gasteiger partial charge in [-0.3, -0.25) is 9.59 Å². The van der Waals surface area contributed by atoms with Gasteiger partial charge in [-0.25, -0.2) is 8.78 Å². The molecule has 5 nitrogen and oxygen atoms in total. The summed E-state index contributed by atoms with van der Waals surface area (Å²) in [6.07, 6.45) is 0.702. The van der Waals surface area contributed by atoms with Crippen LogP contribution < -0.4 is 0 Å². The zero-order valence-electron chi connectivity index (χ0n) is 15.6. The second kappa shape index (κ2) is 9.45. The van der Waals surface area contributed by atoms with Crippen molar-refractivity contribution in [1.29, 1.82) is 5.26 Å². The van der Waals surface area contributed by atoms with E-state index in [1.54, 1.807) is 0 Å². The van der Waals surface area contributed by atoms with Crippen LogP contribution in [0.15, 0.2) is 18.2 Å². The second-order valence-electron chi connectivity index (χ2n) is 6.97. The largest absolute Gasteiger partial charge is 0.481 e. The quantitative estimate of drug-likeness (QED) is 0.581. The van der Waals surface area contributed by atoms with Crippen molar-refractivity contribution in [1.82, 2.24) is 0 Å². The first-order valence-corrected chi connectivity index (χ1v) is 8.98. The normalized spacial score (nSPS) is 13.6. The van der Waals surface area contributed by atoms with E-state index in [0.717, 1.165) is 12.1 Å². The Hall–Kier alpha value is -2.49. The molecule has 0 heterocycles. The maximum atomic E-state index is 14.5. The van der Waals surface area contributed by atoms with Crippen molar-refractivity contribution >= 4 is 11.9 Å². The van der Waals surface area contributed by atoms with E-state index in [9.17, 15) is 28.7 Å². The molecular formula is C20H25F2NO4. The summed E-state index contributed by atoms with van der Waals surface area (Å²) in [6, 6.07) is 4.72. The number of halogens is 2. The van der Waals surface area contributed by atoms with E-state index in [4.69, 9.17) is 5.11 Å². The van der Waals surface area contributed by atoms with Gasteiger partial charge < -0.3 is 10.2 Å². The maximum Gasteiger partial charge on any atom is 0.309 e. The predicted molar refractivity (Wildman–Crippen MR) is 95.0 cm³/mol. The van der Waals surface area contributed by atoms with Crippen molar-refractivity contribution in [2.45, 2.75) is 64.2 Å². The molecule has 0 aliphatic heterocycles. The van der Waals surface area contributed by atoms with Crippen LogP contribution in [0.5, 0.6) is 0 Å². The summed E-state index contributed by atoms with van der Waals surface area (Å²) in [7, 11) is 0. The van der Waals surface area contributed by atoms with Crippen LogP contribution in [-0.2, 0) is 15.0 Å². The van der Waals surface area contributed by atoms with Crippen LogP contribution in [0.2, 0.25) is 0 Å².